The number of aryl methyl sites for hydroxylation is 1. The highest BCUT2D eigenvalue weighted by atomic mass is 32.1. The maximum absolute atomic E-state index is 4.26. The van der Waals surface area contributed by atoms with Crippen LogP contribution in [0.25, 0.3) is 0 Å². The second-order valence-corrected chi connectivity index (χ2v) is 3.87. The molecule has 0 saturated carbocycles. The topological polar surface area (TPSA) is 37.8 Å². The summed E-state index contributed by atoms with van der Waals surface area (Å²) in [7, 11) is 0. The molecule has 62 valence electrons. The van der Waals surface area contributed by atoms with Crippen molar-refractivity contribution in [3.8, 4) is 0 Å². The van der Waals surface area contributed by atoms with Crippen molar-refractivity contribution >= 4 is 33.6 Å². The predicted octanol–water partition coefficient (Wildman–Crippen LogP) is 2.65. The van der Waals surface area contributed by atoms with E-state index in [1.165, 1.54) is 0 Å². The molecule has 0 saturated heterocycles. The molecule has 0 atom stereocenters. The van der Waals surface area contributed by atoms with Crippen LogP contribution in [-0.2, 0) is 0 Å². The van der Waals surface area contributed by atoms with Gasteiger partial charge in [-0.05, 0) is 6.92 Å². The highest BCUT2D eigenvalue weighted by Crippen LogP contribution is 2.19. The van der Waals surface area contributed by atoms with Gasteiger partial charge in [0.05, 0.1) is 11.2 Å². The molecule has 2 rings (SSSR count). The summed E-state index contributed by atoms with van der Waals surface area (Å²) in [6, 6.07) is 0. The Morgan fingerprint density at radius 3 is 2.92 bits per heavy atom. The number of thiazole rings is 2. The van der Waals surface area contributed by atoms with Crippen molar-refractivity contribution < 1.29 is 0 Å². The molecule has 2 aromatic rings. The van der Waals surface area contributed by atoms with Crippen molar-refractivity contribution in [1.29, 1.82) is 0 Å². The number of nitrogens with one attached hydrogen (secondary N) is 1. The molecule has 0 fully saturated rings. The summed E-state index contributed by atoms with van der Waals surface area (Å²) in [5.74, 6) is 0.870. The molecule has 0 spiro atoms. The van der Waals surface area contributed by atoms with Crippen LogP contribution in [0, 0.1) is 6.92 Å². The summed E-state index contributed by atoms with van der Waals surface area (Å²) >= 11 is 3.16. The van der Waals surface area contributed by atoms with Gasteiger partial charge in [-0.1, -0.05) is 0 Å². The predicted molar refractivity (Wildman–Crippen MR) is 52.2 cm³/mol. The van der Waals surface area contributed by atoms with E-state index in [1.807, 2.05) is 17.7 Å². The Balaban J connectivity index is 2.14. The summed E-state index contributed by atoms with van der Waals surface area (Å²) in [5.41, 5.74) is 2.83. The Morgan fingerprint density at radius 2 is 2.33 bits per heavy atom. The SMILES string of the molecule is Cc1csc(Nc2cscn2)n1. The molecule has 5 heteroatoms. The Morgan fingerprint density at radius 1 is 1.42 bits per heavy atom. The fourth-order valence-corrected chi connectivity index (χ4v) is 1.97. The van der Waals surface area contributed by atoms with Gasteiger partial charge in [0, 0.05) is 10.8 Å². The van der Waals surface area contributed by atoms with Crippen molar-refractivity contribution in [3.05, 3.63) is 22.0 Å². The minimum Gasteiger partial charge on any atom is -0.316 e. The maximum Gasteiger partial charge on any atom is 0.188 e. The summed E-state index contributed by atoms with van der Waals surface area (Å²) in [5, 5.41) is 7.98. The summed E-state index contributed by atoms with van der Waals surface area (Å²) in [6.45, 7) is 1.97. The average Bonchev–Trinajstić information content (AvgIpc) is 2.63. The van der Waals surface area contributed by atoms with E-state index in [1.54, 1.807) is 28.2 Å². The largest absolute Gasteiger partial charge is 0.316 e. The molecular formula is C7H7N3S2. The molecule has 3 nitrogen and oxygen atoms in total. The number of nitrogens with zero attached hydrogens (tertiary/aromatic N) is 2. The van der Waals surface area contributed by atoms with Crippen molar-refractivity contribution in [2.75, 3.05) is 5.32 Å². The normalized spacial score (nSPS) is 10.1. The minimum atomic E-state index is 0.870. The fraction of sp³-hybridized carbons (Fsp3) is 0.143. The van der Waals surface area contributed by atoms with E-state index in [-0.39, 0.29) is 0 Å². The molecule has 2 heterocycles. The zero-order valence-electron chi connectivity index (χ0n) is 6.44. The van der Waals surface area contributed by atoms with Gasteiger partial charge in [0.1, 0.15) is 5.82 Å². The van der Waals surface area contributed by atoms with Gasteiger partial charge >= 0.3 is 0 Å². The van der Waals surface area contributed by atoms with Gasteiger partial charge in [0.2, 0.25) is 0 Å². The zero-order valence-corrected chi connectivity index (χ0v) is 8.08. The highest BCUT2D eigenvalue weighted by Gasteiger charge is 1.99. The third kappa shape index (κ3) is 1.62. The Hall–Kier alpha value is -0.940. The summed E-state index contributed by atoms with van der Waals surface area (Å²) < 4.78 is 0. The first-order chi connectivity index (χ1) is 5.84. The first kappa shape index (κ1) is 7.70. The second-order valence-electron chi connectivity index (χ2n) is 2.29. The highest BCUT2D eigenvalue weighted by molar-refractivity contribution is 7.13. The van der Waals surface area contributed by atoms with E-state index in [0.29, 0.717) is 0 Å². The number of rotatable bonds is 2. The second kappa shape index (κ2) is 3.20. The van der Waals surface area contributed by atoms with E-state index >= 15 is 0 Å². The molecule has 12 heavy (non-hydrogen) atoms. The van der Waals surface area contributed by atoms with Crippen LogP contribution in [0.15, 0.2) is 16.3 Å². The molecule has 0 aliphatic heterocycles. The molecule has 1 N–H and O–H groups in total. The molecule has 0 unspecified atom stereocenters. The standard InChI is InChI=1S/C7H7N3S2/c1-5-2-12-7(9-5)10-6-3-11-4-8-6/h2-4H,1H3,(H,9,10). The fourth-order valence-electron chi connectivity index (χ4n) is 0.795. The smallest absolute Gasteiger partial charge is 0.188 e. The van der Waals surface area contributed by atoms with Crippen molar-refractivity contribution in [3.63, 3.8) is 0 Å². The first-order valence-electron chi connectivity index (χ1n) is 3.42. The Labute approximate surface area is 78.1 Å². The summed E-state index contributed by atoms with van der Waals surface area (Å²) in [4.78, 5) is 8.35. The van der Waals surface area contributed by atoms with Crippen LogP contribution in [0.2, 0.25) is 0 Å². The third-order valence-corrected chi connectivity index (χ3v) is 2.75. The van der Waals surface area contributed by atoms with Crippen molar-refractivity contribution in [2.45, 2.75) is 6.92 Å². The van der Waals surface area contributed by atoms with Gasteiger partial charge in [-0.25, -0.2) is 9.97 Å². The third-order valence-electron chi connectivity index (χ3n) is 1.29. The maximum atomic E-state index is 4.26. The molecule has 0 aliphatic carbocycles. The van der Waals surface area contributed by atoms with E-state index in [4.69, 9.17) is 0 Å². The molecule has 0 aliphatic rings. The van der Waals surface area contributed by atoms with Crippen LogP contribution in [0.1, 0.15) is 5.69 Å². The van der Waals surface area contributed by atoms with Crippen LogP contribution in [0.3, 0.4) is 0 Å². The number of anilines is 2. The molecule has 0 bridgehead atoms. The van der Waals surface area contributed by atoms with Gasteiger partial charge < -0.3 is 5.32 Å². The summed E-state index contributed by atoms with van der Waals surface area (Å²) in [6.07, 6.45) is 0. The lowest BCUT2D eigenvalue weighted by Crippen LogP contribution is -1.88. The monoisotopic (exact) mass is 197 g/mol. The lowest BCUT2D eigenvalue weighted by atomic mass is 10.6. The van der Waals surface area contributed by atoms with Crippen LogP contribution < -0.4 is 5.32 Å². The first-order valence-corrected chi connectivity index (χ1v) is 5.24. The molecular weight excluding hydrogens is 190 g/mol. The van der Waals surface area contributed by atoms with Crippen LogP contribution >= 0.6 is 22.7 Å². The minimum absolute atomic E-state index is 0.870. The van der Waals surface area contributed by atoms with Gasteiger partial charge in [0.25, 0.3) is 0 Å². The molecule has 2 aromatic heterocycles. The van der Waals surface area contributed by atoms with E-state index in [0.717, 1.165) is 16.6 Å². The lowest BCUT2D eigenvalue weighted by Gasteiger charge is -1.94. The van der Waals surface area contributed by atoms with Crippen LogP contribution in [-0.4, -0.2) is 9.97 Å². The van der Waals surface area contributed by atoms with Crippen molar-refractivity contribution in [2.24, 2.45) is 0 Å². The Kier molecular flexibility index (Phi) is 2.05. The number of hydrogen-bond donors (Lipinski definition) is 1. The van der Waals surface area contributed by atoms with Gasteiger partial charge in [-0.15, -0.1) is 22.7 Å². The average molecular weight is 197 g/mol. The van der Waals surface area contributed by atoms with E-state index < -0.39 is 0 Å². The van der Waals surface area contributed by atoms with Gasteiger partial charge in [0.15, 0.2) is 5.13 Å². The quantitative estimate of drug-likeness (QED) is 0.804. The van der Waals surface area contributed by atoms with E-state index in [2.05, 4.69) is 15.3 Å². The molecule has 0 radical (unpaired) electrons. The van der Waals surface area contributed by atoms with Crippen molar-refractivity contribution in [1.82, 2.24) is 9.97 Å². The molecule has 0 aromatic carbocycles. The lowest BCUT2D eigenvalue weighted by molar-refractivity contribution is 1.25. The van der Waals surface area contributed by atoms with Crippen LogP contribution in [0.4, 0.5) is 10.9 Å². The van der Waals surface area contributed by atoms with E-state index in [9.17, 15) is 0 Å². The Bertz CT molecular complexity index is 352. The van der Waals surface area contributed by atoms with Crippen LogP contribution in [0.5, 0.6) is 0 Å². The number of aromatic nitrogens is 2. The number of hydrogen-bond acceptors (Lipinski definition) is 5. The van der Waals surface area contributed by atoms with Gasteiger partial charge in [-0.2, -0.15) is 0 Å². The molecule has 0 amide bonds. The van der Waals surface area contributed by atoms with Gasteiger partial charge in [-0.3, -0.25) is 0 Å². The zero-order chi connectivity index (χ0) is 8.39.